The number of Topliss-reactive ketones (excluding diaryl/α,β-unsaturated/α-hetero) is 1. The van der Waals surface area contributed by atoms with Crippen LogP contribution in [0, 0.1) is 5.92 Å². The SMILES string of the molecule is C[C@@H](NC(=O)N1C[C@@H]2C[C@H]1CN2CCCOc1ccc(C(=O)C2CC2)cc1)C(=O)O. The first kappa shape index (κ1) is 20.7. The Morgan fingerprint density at radius 3 is 2.50 bits per heavy atom. The molecule has 8 heteroatoms. The Morgan fingerprint density at radius 2 is 1.90 bits per heavy atom. The monoisotopic (exact) mass is 415 g/mol. The van der Waals surface area contributed by atoms with E-state index in [1.807, 2.05) is 24.3 Å². The van der Waals surface area contributed by atoms with Crippen LogP contribution < -0.4 is 10.1 Å². The van der Waals surface area contributed by atoms with Crippen molar-refractivity contribution < 1.29 is 24.2 Å². The molecule has 0 spiro atoms. The molecule has 3 aliphatic rings. The number of hydrogen-bond acceptors (Lipinski definition) is 5. The summed E-state index contributed by atoms with van der Waals surface area (Å²) < 4.78 is 5.81. The van der Waals surface area contributed by atoms with Gasteiger partial charge in [-0.25, -0.2) is 4.79 Å². The molecule has 1 saturated carbocycles. The van der Waals surface area contributed by atoms with Crippen molar-refractivity contribution in [1.29, 1.82) is 0 Å². The number of piperazine rings is 1. The average molecular weight is 415 g/mol. The van der Waals surface area contributed by atoms with Gasteiger partial charge in [0.2, 0.25) is 0 Å². The number of carboxylic acid groups (broad SMARTS) is 1. The van der Waals surface area contributed by atoms with Crippen molar-refractivity contribution in [2.45, 2.75) is 50.7 Å². The van der Waals surface area contributed by atoms with Gasteiger partial charge in [-0.2, -0.15) is 0 Å². The molecule has 2 amide bonds. The molecular weight excluding hydrogens is 386 g/mol. The van der Waals surface area contributed by atoms with Crippen molar-refractivity contribution in [2.75, 3.05) is 26.2 Å². The van der Waals surface area contributed by atoms with E-state index in [-0.39, 0.29) is 23.8 Å². The van der Waals surface area contributed by atoms with Gasteiger partial charge in [-0.05, 0) is 56.9 Å². The summed E-state index contributed by atoms with van der Waals surface area (Å²) >= 11 is 0. The van der Waals surface area contributed by atoms with Gasteiger partial charge in [0.25, 0.3) is 0 Å². The van der Waals surface area contributed by atoms with Gasteiger partial charge in [0.15, 0.2) is 5.78 Å². The number of ketones is 1. The molecule has 1 aliphatic carbocycles. The number of amides is 2. The number of carboxylic acids is 1. The van der Waals surface area contributed by atoms with Gasteiger partial charge in [-0.15, -0.1) is 0 Å². The molecule has 4 rings (SSSR count). The van der Waals surface area contributed by atoms with Crippen LogP contribution in [0.25, 0.3) is 0 Å². The maximum atomic E-state index is 12.3. The van der Waals surface area contributed by atoms with Gasteiger partial charge in [-0.1, -0.05) is 0 Å². The van der Waals surface area contributed by atoms with E-state index < -0.39 is 12.0 Å². The lowest BCUT2D eigenvalue weighted by atomic mass is 10.1. The van der Waals surface area contributed by atoms with Crippen molar-refractivity contribution in [3.8, 4) is 5.75 Å². The molecule has 162 valence electrons. The Hall–Kier alpha value is -2.61. The average Bonchev–Trinajstić information content (AvgIpc) is 3.40. The highest BCUT2D eigenvalue weighted by atomic mass is 16.5. The minimum Gasteiger partial charge on any atom is -0.494 e. The molecule has 3 fully saturated rings. The summed E-state index contributed by atoms with van der Waals surface area (Å²) in [5.41, 5.74) is 0.768. The van der Waals surface area contributed by atoms with Gasteiger partial charge >= 0.3 is 12.0 Å². The largest absolute Gasteiger partial charge is 0.494 e. The summed E-state index contributed by atoms with van der Waals surface area (Å²) in [4.78, 5) is 39.4. The molecule has 2 N–H and O–H groups in total. The quantitative estimate of drug-likeness (QED) is 0.473. The Balaban J connectivity index is 1.16. The van der Waals surface area contributed by atoms with E-state index in [1.165, 1.54) is 6.92 Å². The Kier molecular flexibility index (Phi) is 5.94. The standard InChI is InChI=1S/C22H29N3O5/c1-14(21(27)28)23-22(29)25-13-17-11-18(25)12-24(17)9-2-10-30-19-7-5-16(6-8-19)20(26)15-3-4-15/h5-8,14-15,17-18H,2-4,9-13H2,1H3,(H,23,29)(H,27,28)/t14-,17+,18+/m1/s1. The lowest BCUT2D eigenvalue weighted by molar-refractivity contribution is -0.138. The van der Waals surface area contributed by atoms with E-state index in [2.05, 4.69) is 10.2 Å². The Bertz CT molecular complexity index is 807. The van der Waals surface area contributed by atoms with Crippen LogP contribution in [0.15, 0.2) is 24.3 Å². The number of aliphatic carboxylic acids is 1. The van der Waals surface area contributed by atoms with Crippen LogP contribution in [-0.2, 0) is 4.79 Å². The molecular formula is C22H29N3O5. The second-order valence-corrected chi connectivity index (χ2v) is 8.56. The van der Waals surface area contributed by atoms with Gasteiger partial charge in [0, 0.05) is 43.2 Å². The number of nitrogens with one attached hydrogen (secondary N) is 1. The highest BCUT2D eigenvalue weighted by Gasteiger charge is 2.45. The molecule has 1 aromatic carbocycles. The zero-order chi connectivity index (χ0) is 21.3. The first-order chi connectivity index (χ1) is 14.4. The van der Waals surface area contributed by atoms with Crippen molar-refractivity contribution in [1.82, 2.24) is 15.1 Å². The third-order valence-corrected chi connectivity index (χ3v) is 6.27. The number of nitrogens with zero attached hydrogens (tertiary/aromatic N) is 2. The molecule has 2 aliphatic heterocycles. The van der Waals surface area contributed by atoms with Crippen LogP contribution in [0.4, 0.5) is 4.79 Å². The predicted octanol–water partition coefficient (Wildman–Crippen LogP) is 1.99. The number of ether oxygens (including phenoxy) is 1. The van der Waals surface area contributed by atoms with Crippen molar-refractivity contribution in [2.24, 2.45) is 5.92 Å². The normalized spacial score (nSPS) is 24.0. The van der Waals surface area contributed by atoms with E-state index in [0.29, 0.717) is 19.2 Å². The first-order valence-corrected chi connectivity index (χ1v) is 10.7. The smallest absolute Gasteiger partial charge is 0.325 e. The van der Waals surface area contributed by atoms with Gasteiger partial charge in [0.05, 0.1) is 6.61 Å². The molecule has 3 atom stereocenters. The molecule has 8 nitrogen and oxygen atoms in total. The molecule has 30 heavy (non-hydrogen) atoms. The number of hydrogen-bond donors (Lipinski definition) is 2. The number of urea groups is 1. The highest BCUT2D eigenvalue weighted by Crippen LogP contribution is 2.33. The van der Waals surface area contributed by atoms with E-state index in [4.69, 9.17) is 9.84 Å². The topological polar surface area (TPSA) is 99.2 Å². The van der Waals surface area contributed by atoms with Gasteiger partial charge < -0.3 is 20.1 Å². The van der Waals surface area contributed by atoms with Gasteiger partial charge in [0.1, 0.15) is 11.8 Å². The molecule has 0 unspecified atom stereocenters. The fourth-order valence-electron chi connectivity index (χ4n) is 4.36. The van der Waals surface area contributed by atoms with Crippen molar-refractivity contribution >= 4 is 17.8 Å². The van der Waals surface area contributed by atoms with E-state index in [0.717, 1.165) is 50.1 Å². The maximum Gasteiger partial charge on any atom is 0.325 e. The fraction of sp³-hybridized carbons (Fsp3) is 0.591. The summed E-state index contributed by atoms with van der Waals surface area (Å²) in [5.74, 6) is 0.222. The highest BCUT2D eigenvalue weighted by molar-refractivity contribution is 5.99. The van der Waals surface area contributed by atoms with Crippen LogP contribution in [0.1, 0.15) is 43.0 Å². The number of likely N-dealkylation sites (tertiary alicyclic amines) is 2. The van der Waals surface area contributed by atoms with Crippen molar-refractivity contribution in [3.63, 3.8) is 0 Å². The lowest BCUT2D eigenvalue weighted by Crippen LogP contribution is -2.54. The third-order valence-electron chi connectivity index (χ3n) is 6.27. The van der Waals surface area contributed by atoms with Crippen LogP contribution in [0.3, 0.4) is 0 Å². The van der Waals surface area contributed by atoms with Crippen LogP contribution in [0.2, 0.25) is 0 Å². The number of benzene rings is 1. The summed E-state index contributed by atoms with van der Waals surface area (Å²) in [7, 11) is 0. The van der Waals surface area contributed by atoms with E-state index >= 15 is 0 Å². The second-order valence-electron chi connectivity index (χ2n) is 8.56. The minimum atomic E-state index is -1.03. The van der Waals surface area contributed by atoms with Crippen LogP contribution >= 0.6 is 0 Å². The zero-order valence-corrected chi connectivity index (χ0v) is 17.3. The molecule has 0 radical (unpaired) electrons. The molecule has 2 saturated heterocycles. The summed E-state index contributed by atoms with van der Waals surface area (Å²) in [5, 5.41) is 11.5. The second kappa shape index (κ2) is 8.63. The third kappa shape index (κ3) is 4.59. The zero-order valence-electron chi connectivity index (χ0n) is 17.3. The van der Waals surface area contributed by atoms with Crippen LogP contribution in [0.5, 0.6) is 5.75 Å². The Morgan fingerprint density at radius 1 is 1.17 bits per heavy atom. The number of carbonyl (C=O) groups excluding carboxylic acids is 2. The lowest BCUT2D eigenvalue weighted by Gasteiger charge is -2.34. The summed E-state index contributed by atoms with van der Waals surface area (Å²) in [6.45, 7) is 4.43. The molecule has 1 aromatic rings. The first-order valence-electron chi connectivity index (χ1n) is 10.7. The van der Waals surface area contributed by atoms with E-state index in [9.17, 15) is 14.4 Å². The molecule has 2 heterocycles. The number of fused-ring (bicyclic) bond motifs is 2. The predicted molar refractivity (Wildman–Crippen MR) is 110 cm³/mol. The molecule has 0 aromatic heterocycles. The summed E-state index contributed by atoms with van der Waals surface area (Å²) in [6.07, 6.45) is 3.85. The van der Waals surface area contributed by atoms with E-state index in [1.54, 1.807) is 4.90 Å². The Labute approximate surface area is 176 Å². The number of carbonyl (C=O) groups is 3. The van der Waals surface area contributed by atoms with Crippen molar-refractivity contribution in [3.05, 3.63) is 29.8 Å². The van der Waals surface area contributed by atoms with Gasteiger partial charge in [-0.3, -0.25) is 14.5 Å². The summed E-state index contributed by atoms with van der Waals surface area (Å²) in [6, 6.07) is 6.72. The van der Waals surface area contributed by atoms with Crippen LogP contribution in [-0.4, -0.2) is 77.1 Å². The minimum absolute atomic E-state index is 0.147. The fourth-order valence-corrected chi connectivity index (χ4v) is 4.36. The number of rotatable bonds is 9. The maximum absolute atomic E-state index is 12.3. The molecule has 2 bridgehead atoms.